The second kappa shape index (κ2) is 5.79. The van der Waals surface area contributed by atoms with E-state index >= 15 is 0 Å². The minimum atomic E-state index is -1.26. The third-order valence-electron chi connectivity index (χ3n) is 9.36. The first kappa shape index (κ1) is 18.7. The van der Waals surface area contributed by atoms with E-state index < -0.39 is 6.10 Å². The predicted molar refractivity (Wildman–Crippen MR) is 114 cm³/mol. The van der Waals surface area contributed by atoms with Crippen LogP contribution in [0.15, 0.2) is 24.3 Å². The molecule has 0 amide bonds. The topological polar surface area (TPSA) is 63.1 Å². The Morgan fingerprint density at radius 2 is 1.43 bits per heavy atom. The van der Waals surface area contributed by atoms with Gasteiger partial charge >= 0.3 is 0 Å². The number of aromatic nitrogens is 2. The van der Waals surface area contributed by atoms with Crippen LogP contribution in [-0.4, -0.2) is 20.9 Å². The highest BCUT2D eigenvalue weighted by Gasteiger charge is 2.54. The fraction of sp³-hybridized carbons (Fsp3) is 0.577. The van der Waals surface area contributed by atoms with Gasteiger partial charge < -0.3 is 5.11 Å². The largest absolute Gasteiger partial charge is 0.378 e. The molecule has 2 aromatic heterocycles. The number of hydrogen-bond acceptors (Lipinski definition) is 4. The third-order valence-corrected chi connectivity index (χ3v) is 9.36. The van der Waals surface area contributed by atoms with E-state index in [1.807, 2.05) is 12.1 Å². The smallest absolute Gasteiger partial charge is 0.215 e. The minimum Gasteiger partial charge on any atom is -0.378 e. The number of aliphatic hydroxyl groups excluding tert-OH is 1. The van der Waals surface area contributed by atoms with Crippen LogP contribution in [0.5, 0.6) is 0 Å². The van der Waals surface area contributed by atoms with Crippen LogP contribution in [0.4, 0.5) is 0 Å². The van der Waals surface area contributed by atoms with Crippen molar-refractivity contribution in [3.05, 3.63) is 58.2 Å². The van der Waals surface area contributed by atoms with Crippen molar-refractivity contribution in [2.75, 3.05) is 0 Å². The third kappa shape index (κ3) is 2.29. The molecular formula is C26H30N2O2. The highest BCUT2D eigenvalue weighted by molar-refractivity contribution is 5.98. The fourth-order valence-corrected chi connectivity index (χ4v) is 6.72. The summed E-state index contributed by atoms with van der Waals surface area (Å²) in [6, 6.07) is 7.74. The van der Waals surface area contributed by atoms with E-state index in [1.54, 1.807) is 6.07 Å². The number of nitrogens with zero attached hydrogens (tertiary/aromatic N) is 2. The molecule has 6 aliphatic carbocycles. The number of carbonyl (C=O) groups is 1. The van der Waals surface area contributed by atoms with E-state index in [1.165, 1.54) is 17.5 Å². The predicted octanol–water partition coefficient (Wildman–Crippen LogP) is 4.76. The van der Waals surface area contributed by atoms with E-state index in [2.05, 4.69) is 33.8 Å². The Balaban J connectivity index is 1.30. The minimum absolute atomic E-state index is 0.258. The average Bonchev–Trinajstić information content (AvgIpc) is 2.75. The Kier molecular flexibility index (Phi) is 3.60. The van der Waals surface area contributed by atoms with Crippen LogP contribution in [0.2, 0.25) is 0 Å². The SMILES string of the molecule is CC1(C)[C@H]2Cc3ccc(C(=O)C(O)c4ccc5c(n4)[C@@H]4C[C@H](C5)C4(C)C)nc3[C@@H]1C2. The standard InChI is InChI=1S/C26H30N2O2/c1-25(2)15-9-13-5-7-19(27-21(13)17(25)11-15)23(29)24(30)20-8-6-14-10-16-12-18(22(14)28-20)26(16,3)4/h5-8,15-18,23,29H,9-12H2,1-4H3/t15-,16-,17-,18-,23?/m0/s1. The number of aliphatic hydroxyl groups is 1. The van der Waals surface area contributed by atoms with Crippen molar-refractivity contribution < 1.29 is 9.90 Å². The Hall–Kier alpha value is -2.07. The summed E-state index contributed by atoms with van der Waals surface area (Å²) >= 11 is 0. The Bertz CT molecular complexity index is 1090. The molecule has 30 heavy (non-hydrogen) atoms. The lowest BCUT2D eigenvalue weighted by molar-refractivity contribution is 0.0148. The normalized spacial score (nSPS) is 32.2. The van der Waals surface area contributed by atoms with Crippen molar-refractivity contribution in [2.45, 2.75) is 71.3 Å². The summed E-state index contributed by atoms with van der Waals surface area (Å²) in [4.78, 5) is 22.7. The molecule has 0 aliphatic heterocycles. The van der Waals surface area contributed by atoms with Crippen LogP contribution < -0.4 is 0 Å². The summed E-state index contributed by atoms with van der Waals surface area (Å²) < 4.78 is 0. The lowest BCUT2D eigenvalue weighted by Gasteiger charge is -2.56. The van der Waals surface area contributed by atoms with E-state index in [0.29, 0.717) is 23.2 Å². The maximum atomic E-state index is 13.1. The van der Waals surface area contributed by atoms with E-state index in [4.69, 9.17) is 9.97 Å². The van der Waals surface area contributed by atoms with Crippen LogP contribution >= 0.6 is 0 Å². The quantitative estimate of drug-likeness (QED) is 0.752. The molecule has 2 fully saturated rings. The molecule has 0 aromatic carbocycles. The summed E-state index contributed by atoms with van der Waals surface area (Å²) in [5.74, 6) is 1.96. The molecule has 2 aromatic rings. The van der Waals surface area contributed by atoms with Crippen molar-refractivity contribution in [3.8, 4) is 0 Å². The van der Waals surface area contributed by atoms with Crippen molar-refractivity contribution in [3.63, 3.8) is 0 Å². The number of Topliss-reactive ketones (excluding diaryl/α,β-unsaturated/α-hetero) is 1. The number of carbonyl (C=O) groups excluding carboxylic acids is 1. The van der Waals surface area contributed by atoms with Crippen LogP contribution in [0.3, 0.4) is 0 Å². The fourth-order valence-electron chi connectivity index (χ4n) is 6.72. The van der Waals surface area contributed by atoms with Gasteiger partial charge in [0.05, 0.1) is 5.69 Å². The van der Waals surface area contributed by atoms with Crippen LogP contribution in [0.25, 0.3) is 0 Å². The first-order chi connectivity index (χ1) is 14.2. The molecule has 156 valence electrons. The van der Waals surface area contributed by atoms with Gasteiger partial charge in [-0.25, -0.2) is 4.98 Å². The van der Waals surface area contributed by atoms with Gasteiger partial charge in [-0.3, -0.25) is 9.78 Å². The van der Waals surface area contributed by atoms with Crippen LogP contribution in [-0.2, 0) is 12.8 Å². The summed E-state index contributed by atoms with van der Waals surface area (Å²) in [6.07, 6.45) is 3.18. The van der Waals surface area contributed by atoms with Gasteiger partial charge in [-0.05, 0) is 71.6 Å². The Morgan fingerprint density at radius 1 is 0.900 bits per heavy atom. The molecule has 6 aliphatic rings. The molecule has 4 heteroatoms. The van der Waals surface area contributed by atoms with Crippen molar-refractivity contribution in [2.24, 2.45) is 22.7 Å². The number of rotatable bonds is 3. The van der Waals surface area contributed by atoms with Gasteiger partial charge in [-0.1, -0.05) is 39.8 Å². The highest BCUT2D eigenvalue weighted by Crippen LogP contribution is 2.62. The molecule has 2 heterocycles. The molecule has 1 N–H and O–H groups in total. The molecule has 2 saturated carbocycles. The van der Waals surface area contributed by atoms with Crippen LogP contribution in [0.1, 0.15) is 97.2 Å². The zero-order valence-corrected chi connectivity index (χ0v) is 18.3. The molecule has 0 radical (unpaired) electrons. The van der Waals surface area contributed by atoms with Gasteiger partial charge in [0.15, 0.2) is 6.10 Å². The van der Waals surface area contributed by atoms with Gasteiger partial charge in [0.25, 0.3) is 0 Å². The van der Waals surface area contributed by atoms with Gasteiger partial charge in [-0.15, -0.1) is 0 Å². The molecule has 1 unspecified atom stereocenters. The molecule has 5 atom stereocenters. The van der Waals surface area contributed by atoms with Crippen molar-refractivity contribution in [1.82, 2.24) is 9.97 Å². The lowest BCUT2D eigenvalue weighted by Crippen LogP contribution is -2.48. The second-order valence-electron chi connectivity index (χ2n) is 11.3. The molecule has 8 rings (SSSR count). The lowest BCUT2D eigenvalue weighted by atomic mass is 9.48. The van der Waals surface area contributed by atoms with Gasteiger partial charge in [0, 0.05) is 23.2 Å². The number of pyridine rings is 2. The molecule has 0 saturated heterocycles. The molecule has 4 nitrogen and oxygen atoms in total. The van der Waals surface area contributed by atoms with Gasteiger partial charge in [0.2, 0.25) is 5.78 Å². The van der Waals surface area contributed by atoms with Crippen molar-refractivity contribution in [1.29, 1.82) is 0 Å². The maximum absolute atomic E-state index is 13.1. The summed E-state index contributed by atoms with van der Waals surface area (Å²) in [6.45, 7) is 9.25. The van der Waals surface area contributed by atoms with Crippen LogP contribution in [0, 0.1) is 22.7 Å². The highest BCUT2D eigenvalue weighted by atomic mass is 16.3. The average molecular weight is 403 g/mol. The first-order valence-electron chi connectivity index (χ1n) is 11.4. The number of ketones is 1. The Labute approximate surface area is 178 Å². The van der Waals surface area contributed by atoms with E-state index in [0.717, 1.165) is 42.5 Å². The summed E-state index contributed by atoms with van der Waals surface area (Å²) in [5.41, 5.74) is 6.07. The second-order valence-corrected chi connectivity index (χ2v) is 11.3. The van der Waals surface area contributed by atoms with E-state index in [9.17, 15) is 9.90 Å². The maximum Gasteiger partial charge on any atom is 0.215 e. The monoisotopic (exact) mass is 402 g/mol. The van der Waals surface area contributed by atoms with Gasteiger partial charge in [0.1, 0.15) is 5.69 Å². The van der Waals surface area contributed by atoms with Crippen molar-refractivity contribution >= 4 is 5.78 Å². The molecular weight excluding hydrogens is 372 g/mol. The molecule has 4 bridgehead atoms. The zero-order chi connectivity index (χ0) is 21.0. The molecule has 0 spiro atoms. The Morgan fingerprint density at radius 3 is 2.00 bits per heavy atom. The summed E-state index contributed by atoms with van der Waals surface area (Å²) in [7, 11) is 0. The van der Waals surface area contributed by atoms with Gasteiger partial charge in [-0.2, -0.15) is 0 Å². The zero-order valence-electron chi connectivity index (χ0n) is 18.3. The van der Waals surface area contributed by atoms with E-state index in [-0.39, 0.29) is 16.6 Å². The first-order valence-corrected chi connectivity index (χ1v) is 11.4. The summed E-state index contributed by atoms with van der Waals surface area (Å²) in [5, 5.41) is 10.9. The number of hydrogen-bond donors (Lipinski definition) is 1.